The van der Waals surface area contributed by atoms with Gasteiger partial charge >= 0.3 is 0 Å². The lowest BCUT2D eigenvalue weighted by atomic mass is 10.1. The Morgan fingerprint density at radius 1 is 1.06 bits per heavy atom. The van der Waals surface area contributed by atoms with Crippen LogP contribution in [-0.4, -0.2) is 93.3 Å². The number of halogens is 2. The molecule has 11 heteroatoms. The zero-order valence-electron chi connectivity index (χ0n) is 20.9. The summed E-state index contributed by atoms with van der Waals surface area (Å²) in [5, 5.41) is 0. The average molecular weight is 517 g/mol. The van der Waals surface area contributed by atoms with E-state index in [1.165, 1.54) is 18.0 Å². The molecule has 3 aromatic rings. The zero-order chi connectivity index (χ0) is 25.8. The summed E-state index contributed by atoms with van der Waals surface area (Å²) in [7, 11) is 7.48. The Balaban J connectivity index is 1.73. The third kappa shape index (κ3) is 6.03. The van der Waals surface area contributed by atoms with Crippen LogP contribution in [0.1, 0.15) is 10.4 Å². The fourth-order valence-electron chi connectivity index (χ4n) is 3.81. The lowest BCUT2D eigenvalue weighted by Crippen LogP contribution is -2.36. The SMILES string of the molecule is CN(C)CCN(C)C(=O)c1cc(N(C)Sc2ccc(F)c(F)c2)c2nc(N3CCOCC3)cnc2c1. The van der Waals surface area contributed by atoms with E-state index < -0.39 is 11.6 Å². The fraction of sp³-hybridized carbons (Fsp3) is 0.400. The van der Waals surface area contributed by atoms with Gasteiger partial charge in [0.25, 0.3) is 5.91 Å². The van der Waals surface area contributed by atoms with Gasteiger partial charge in [-0.15, -0.1) is 0 Å². The number of likely N-dealkylation sites (N-methyl/N-ethyl adjacent to an activating group) is 2. The van der Waals surface area contributed by atoms with Gasteiger partial charge in [-0.25, -0.2) is 13.8 Å². The molecule has 1 fully saturated rings. The maximum Gasteiger partial charge on any atom is 0.253 e. The number of nitrogens with zero attached hydrogens (tertiary/aromatic N) is 6. The van der Waals surface area contributed by atoms with E-state index >= 15 is 0 Å². The number of hydrogen-bond acceptors (Lipinski definition) is 8. The maximum absolute atomic E-state index is 13.8. The number of fused-ring (bicyclic) bond motifs is 1. The predicted octanol–water partition coefficient (Wildman–Crippen LogP) is 3.52. The standard InChI is InChI=1S/C25H30F2N6O2S/c1-30(2)7-8-31(3)25(34)17-13-21-24(29-23(16-28-21)33-9-11-35-12-10-33)22(14-17)32(4)36-18-5-6-19(26)20(27)15-18/h5-6,13-16H,7-12H2,1-4H3. The molecule has 0 spiro atoms. The number of carbonyl (C=O) groups excluding carboxylic acids is 1. The Labute approximate surface area is 214 Å². The molecule has 0 radical (unpaired) electrons. The van der Waals surface area contributed by atoms with Crippen LogP contribution >= 0.6 is 11.9 Å². The Bertz CT molecular complexity index is 1240. The van der Waals surface area contributed by atoms with Gasteiger partial charge in [-0.2, -0.15) is 0 Å². The van der Waals surface area contributed by atoms with Gasteiger partial charge in [0.2, 0.25) is 0 Å². The lowest BCUT2D eigenvalue weighted by Gasteiger charge is -2.28. The second-order valence-corrected chi connectivity index (χ2v) is 10.1. The number of aromatic nitrogens is 2. The number of hydrogen-bond donors (Lipinski definition) is 0. The smallest absolute Gasteiger partial charge is 0.253 e. The highest BCUT2D eigenvalue weighted by molar-refractivity contribution is 8.00. The van der Waals surface area contributed by atoms with Crippen LogP contribution in [-0.2, 0) is 4.74 Å². The number of carbonyl (C=O) groups is 1. The van der Waals surface area contributed by atoms with Crippen LogP contribution in [0.4, 0.5) is 20.3 Å². The summed E-state index contributed by atoms with van der Waals surface area (Å²) in [6.45, 7) is 3.96. The second-order valence-electron chi connectivity index (χ2n) is 8.89. The first-order valence-electron chi connectivity index (χ1n) is 11.6. The van der Waals surface area contributed by atoms with Crippen molar-refractivity contribution in [2.24, 2.45) is 0 Å². The van der Waals surface area contributed by atoms with E-state index in [9.17, 15) is 13.6 Å². The summed E-state index contributed by atoms with van der Waals surface area (Å²) >= 11 is 1.21. The zero-order valence-corrected chi connectivity index (χ0v) is 21.7. The van der Waals surface area contributed by atoms with Gasteiger partial charge in [0.05, 0.1) is 30.6 Å². The number of ether oxygens (including phenoxy) is 1. The summed E-state index contributed by atoms with van der Waals surface area (Å²) in [5.41, 5.74) is 2.31. The normalized spacial score (nSPS) is 13.9. The van der Waals surface area contributed by atoms with Crippen molar-refractivity contribution in [3.05, 3.63) is 53.7 Å². The maximum atomic E-state index is 13.8. The fourth-order valence-corrected chi connectivity index (χ4v) is 4.65. The minimum absolute atomic E-state index is 0.134. The summed E-state index contributed by atoms with van der Waals surface area (Å²) < 4.78 is 34.5. The number of rotatable bonds is 8. The van der Waals surface area contributed by atoms with Gasteiger partial charge in [0, 0.05) is 50.7 Å². The van der Waals surface area contributed by atoms with E-state index in [-0.39, 0.29) is 5.91 Å². The first-order chi connectivity index (χ1) is 17.2. The predicted molar refractivity (Wildman–Crippen MR) is 139 cm³/mol. The molecule has 192 valence electrons. The number of morpholine rings is 1. The summed E-state index contributed by atoms with van der Waals surface area (Å²) in [6, 6.07) is 7.28. The van der Waals surface area contributed by atoms with Crippen molar-refractivity contribution in [3.8, 4) is 0 Å². The summed E-state index contributed by atoms with van der Waals surface area (Å²) in [4.78, 5) is 29.1. The molecule has 0 N–H and O–H groups in total. The topological polar surface area (TPSA) is 65.0 Å². The molecular formula is C25H30F2N6O2S. The molecule has 1 aliphatic rings. The van der Waals surface area contributed by atoms with Gasteiger partial charge < -0.3 is 23.7 Å². The molecule has 0 saturated carbocycles. The first-order valence-corrected chi connectivity index (χ1v) is 12.4. The van der Waals surface area contributed by atoms with Crippen LogP contribution in [0.3, 0.4) is 0 Å². The van der Waals surface area contributed by atoms with Gasteiger partial charge in [-0.05, 0) is 56.4 Å². The number of amides is 1. The third-order valence-corrected chi connectivity index (χ3v) is 6.83. The molecule has 1 aromatic heterocycles. The molecular weight excluding hydrogens is 486 g/mol. The van der Waals surface area contributed by atoms with Crippen LogP contribution < -0.4 is 9.21 Å². The summed E-state index contributed by atoms with van der Waals surface area (Å²) in [5.74, 6) is -1.23. The van der Waals surface area contributed by atoms with E-state index in [2.05, 4.69) is 9.88 Å². The molecule has 2 aromatic carbocycles. The largest absolute Gasteiger partial charge is 0.378 e. The van der Waals surface area contributed by atoms with Crippen molar-refractivity contribution in [3.63, 3.8) is 0 Å². The molecule has 1 saturated heterocycles. The highest BCUT2D eigenvalue weighted by atomic mass is 32.2. The molecule has 0 atom stereocenters. The second kappa shape index (κ2) is 11.4. The monoisotopic (exact) mass is 516 g/mol. The van der Waals surface area contributed by atoms with Gasteiger partial charge in [-0.3, -0.25) is 9.78 Å². The van der Waals surface area contributed by atoms with E-state index in [1.54, 1.807) is 41.6 Å². The minimum atomic E-state index is -0.918. The van der Waals surface area contributed by atoms with Gasteiger partial charge in [0.1, 0.15) is 11.3 Å². The minimum Gasteiger partial charge on any atom is -0.378 e. The molecule has 0 aliphatic carbocycles. The van der Waals surface area contributed by atoms with Crippen molar-refractivity contribution < 1.29 is 18.3 Å². The van der Waals surface area contributed by atoms with Crippen LogP contribution in [0.25, 0.3) is 11.0 Å². The highest BCUT2D eigenvalue weighted by Gasteiger charge is 2.21. The Kier molecular flexibility index (Phi) is 8.22. The van der Waals surface area contributed by atoms with Crippen molar-refractivity contribution in [2.75, 3.05) is 76.8 Å². The Morgan fingerprint density at radius 2 is 1.81 bits per heavy atom. The van der Waals surface area contributed by atoms with E-state index in [0.717, 1.165) is 24.5 Å². The average Bonchev–Trinajstić information content (AvgIpc) is 2.88. The molecule has 0 bridgehead atoms. The van der Waals surface area contributed by atoms with Gasteiger partial charge in [0.15, 0.2) is 11.6 Å². The van der Waals surface area contributed by atoms with Crippen molar-refractivity contribution in [1.82, 2.24) is 19.8 Å². The molecule has 1 aliphatic heterocycles. The Hall–Kier alpha value is -3.02. The van der Waals surface area contributed by atoms with Crippen molar-refractivity contribution in [1.29, 1.82) is 0 Å². The molecule has 8 nitrogen and oxygen atoms in total. The van der Waals surface area contributed by atoms with Crippen molar-refractivity contribution in [2.45, 2.75) is 4.90 Å². The highest BCUT2D eigenvalue weighted by Crippen LogP contribution is 2.34. The molecule has 0 unspecified atom stereocenters. The van der Waals surface area contributed by atoms with Crippen LogP contribution in [0.2, 0.25) is 0 Å². The van der Waals surface area contributed by atoms with Gasteiger partial charge in [-0.1, -0.05) is 0 Å². The Morgan fingerprint density at radius 3 is 2.50 bits per heavy atom. The summed E-state index contributed by atoms with van der Waals surface area (Å²) in [6.07, 6.45) is 1.71. The first kappa shape index (κ1) is 26.1. The van der Waals surface area contributed by atoms with E-state index in [4.69, 9.17) is 9.72 Å². The van der Waals surface area contributed by atoms with Crippen LogP contribution in [0, 0.1) is 11.6 Å². The molecule has 4 rings (SSSR count). The van der Waals surface area contributed by atoms with E-state index in [1.807, 2.05) is 19.0 Å². The lowest BCUT2D eigenvalue weighted by molar-refractivity contribution is 0.0786. The molecule has 36 heavy (non-hydrogen) atoms. The van der Waals surface area contributed by atoms with Crippen molar-refractivity contribution >= 4 is 40.4 Å². The number of anilines is 2. The van der Waals surface area contributed by atoms with Crippen LogP contribution in [0.15, 0.2) is 41.4 Å². The molecule has 1 amide bonds. The number of benzene rings is 2. The van der Waals surface area contributed by atoms with Crippen LogP contribution in [0.5, 0.6) is 0 Å². The molecule has 2 heterocycles. The van der Waals surface area contributed by atoms with E-state index in [0.29, 0.717) is 60.0 Å². The quantitative estimate of drug-likeness (QED) is 0.422. The third-order valence-electron chi connectivity index (χ3n) is 5.90.